The Labute approximate surface area is 78.5 Å². The fraction of sp³-hybridized carbons (Fsp3) is 1.00. The summed E-state index contributed by atoms with van der Waals surface area (Å²) in [4.78, 5) is 0. The summed E-state index contributed by atoms with van der Waals surface area (Å²) >= 11 is 3.63. The van der Waals surface area contributed by atoms with Gasteiger partial charge in [-0.25, -0.2) is 3.93 Å². The van der Waals surface area contributed by atoms with E-state index in [1.807, 2.05) is 0 Å². The van der Waals surface area contributed by atoms with Crippen molar-refractivity contribution < 1.29 is 0 Å². The molecular weight excluding hydrogens is 202 g/mol. The monoisotopic (exact) mass is 219 g/mol. The van der Waals surface area contributed by atoms with E-state index in [1.165, 1.54) is 32.2 Å². The van der Waals surface area contributed by atoms with E-state index in [0.29, 0.717) is 0 Å². The minimum atomic E-state index is 0.786. The molecule has 1 aliphatic heterocycles. The van der Waals surface area contributed by atoms with Gasteiger partial charge in [-0.15, -0.1) is 0 Å². The van der Waals surface area contributed by atoms with E-state index in [9.17, 15) is 0 Å². The molecule has 0 aliphatic carbocycles. The van der Waals surface area contributed by atoms with Crippen LogP contribution in [0.1, 0.15) is 39.5 Å². The Morgan fingerprint density at radius 1 is 1.55 bits per heavy atom. The molecule has 0 aromatic carbocycles. The summed E-state index contributed by atoms with van der Waals surface area (Å²) in [6.07, 6.45) is 5.45. The second-order valence-corrected chi connectivity index (χ2v) is 4.48. The molecule has 0 N–H and O–H groups in total. The number of hydrogen-bond donors (Lipinski definition) is 0. The molecule has 1 heterocycles. The molecule has 0 amide bonds. The minimum absolute atomic E-state index is 0.786. The molecule has 2 unspecified atom stereocenters. The number of piperidine rings is 1. The normalized spacial score (nSPS) is 30.3. The maximum atomic E-state index is 3.63. The van der Waals surface area contributed by atoms with Gasteiger partial charge in [0.05, 0.1) is 0 Å². The molecule has 0 saturated carbocycles. The second-order valence-electron chi connectivity index (χ2n) is 3.57. The summed E-state index contributed by atoms with van der Waals surface area (Å²) in [5.41, 5.74) is 0. The van der Waals surface area contributed by atoms with Gasteiger partial charge in [-0.1, -0.05) is 26.7 Å². The highest BCUT2D eigenvalue weighted by atomic mass is 79.9. The lowest BCUT2D eigenvalue weighted by atomic mass is 9.92. The predicted octanol–water partition coefficient (Wildman–Crippen LogP) is 3.20. The van der Waals surface area contributed by atoms with Gasteiger partial charge < -0.3 is 0 Å². The molecule has 1 nitrogen and oxygen atoms in total. The minimum Gasteiger partial charge on any atom is -0.239 e. The van der Waals surface area contributed by atoms with Crippen molar-refractivity contribution in [2.24, 2.45) is 5.92 Å². The average Bonchev–Trinajstić information content (AvgIpc) is 2.04. The van der Waals surface area contributed by atoms with Crippen LogP contribution in [0.15, 0.2) is 0 Å². The number of hydrogen-bond acceptors (Lipinski definition) is 1. The zero-order valence-corrected chi connectivity index (χ0v) is 9.10. The average molecular weight is 220 g/mol. The highest BCUT2D eigenvalue weighted by Crippen LogP contribution is 2.27. The van der Waals surface area contributed by atoms with Crippen LogP contribution in [0.25, 0.3) is 0 Å². The van der Waals surface area contributed by atoms with Crippen molar-refractivity contribution in [3.05, 3.63) is 0 Å². The van der Waals surface area contributed by atoms with Crippen LogP contribution in [0, 0.1) is 5.92 Å². The van der Waals surface area contributed by atoms with Gasteiger partial charge >= 0.3 is 0 Å². The third-order valence-corrected chi connectivity index (χ3v) is 3.66. The van der Waals surface area contributed by atoms with Crippen LogP contribution in [0.3, 0.4) is 0 Å². The van der Waals surface area contributed by atoms with Crippen molar-refractivity contribution in [1.29, 1.82) is 0 Å². The van der Waals surface area contributed by atoms with Crippen LogP contribution in [-0.2, 0) is 0 Å². The van der Waals surface area contributed by atoms with E-state index in [1.54, 1.807) is 0 Å². The first-order valence-corrected chi connectivity index (χ1v) is 5.39. The maximum absolute atomic E-state index is 3.63. The largest absolute Gasteiger partial charge is 0.239 e. The van der Waals surface area contributed by atoms with Gasteiger partial charge in [0, 0.05) is 28.7 Å². The SMILES string of the molecule is CCC(C)C1CCCCN1Br. The quantitative estimate of drug-likeness (QED) is 0.646. The molecule has 0 spiro atoms. The molecule has 66 valence electrons. The van der Waals surface area contributed by atoms with E-state index in [4.69, 9.17) is 0 Å². The third kappa shape index (κ3) is 2.45. The molecule has 2 heteroatoms. The van der Waals surface area contributed by atoms with Gasteiger partial charge in [0.1, 0.15) is 0 Å². The molecule has 2 atom stereocenters. The van der Waals surface area contributed by atoms with Crippen LogP contribution in [0.5, 0.6) is 0 Å². The van der Waals surface area contributed by atoms with Crippen molar-refractivity contribution >= 4 is 16.1 Å². The molecule has 0 aromatic heterocycles. The van der Waals surface area contributed by atoms with Crippen LogP contribution in [-0.4, -0.2) is 16.5 Å². The molecule has 0 bridgehead atoms. The Morgan fingerprint density at radius 3 is 2.82 bits per heavy atom. The fourth-order valence-electron chi connectivity index (χ4n) is 1.75. The van der Waals surface area contributed by atoms with Gasteiger partial charge in [0.15, 0.2) is 0 Å². The molecule has 1 aliphatic rings. The Hall–Kier alpha value is 0.440. The van der Waals surface area contributed by atoms with Crippen molar-refractivity contribution in [3.63, 3.8) is 0 Å². The standard InChI is InChI=1S/C9H18BrN/c1-3-8(2)9-6-4-5-7-11(9)10/h8-9H,3-7H2,1-2H3. The van der Waals surface area contributed by atoms with Gasteiger partial charge in [0.2, 0.25) is 0 Å². The van der Waals surface area contributed by atoms with Crippen molar-refractivity contribution in [2.75, 3.05) is 6.54 Å². The third-order valence-electron chi connectivity index (χ3n) is 2.78. The summed E-state index contributed by atoms with van der Waals surface area (Å²) in [6.45, 7) is 5.86. The first-order valence-electron chi connectivity index (χ1n) is 4.68. The summed E-state index contributed by atoms with van der Waals surface area (Å²) in [7, 11) is 0. The van der Waals surface area contributed by atoms with Crippen LogP contribution < -0.4 is 0 Å². The number of rotatable bonds is 2. The predicted molar refractivity (Wildman–Crippen MR) is 52.7 cm³/mol. The zero-order chi connectivity index (χ0) is 8.27. The van der Waals surface area contributed by atoms with E-state index < -0.39 is 0 Å². The first kappa shape index (κ1) is 9.53. The summed E-state index contributed by atoms with van der Waals surface area (Å²) in [5.74, 6) is 0.842. The summed E-state index contributed by atoms with van der Waals surface area (Å²) in [6, 6.07) is 0.786. The molecule has 11 heavy (non-hydrogen) atoms. The lowest BCUT2D eigenvalue weighted by molar-refractivity contribution is 0.213. The van der Waals surface area contributed by atoms with Gasteiger partial charge in [-0.05, 0) is 18.8 Å². The molecule has 1 saturated heterocycles. The van der Waals surface area contributed by atoms with Crippen molar-refractivity contribution in [1.82, 2.24) is 3.93 Å². The Kier molecular flexibility index (Phi) is 3.86. The van der Waals surface area contributed by atoms with E-state index in [-0.39, 0.29) is 0 Å². The number of halogens is 1. The molecule has 1 rings (SSSR count). The molecular formula is C9H18BrN. The van der Waals surface area contributed by atoms with Crippen LogP contribution in [0.4, 0.5) is 0 Å². The van der Waals surface area contributed by atoms with E-state index in [0.717, 1.165) is 12.0 Å². The molecule has 0 aromatic rings. The van der Waals surface area contributed by atoms with E-state index >= 15 is 0 Å². The van der Waals surface area contributed by atoms with Crippen molar-refractivity contribution in [3.8, 4) is 0 Å². The van der Waals surface area contributed by atoms with Crippen LogP contribution >= 0.6 is 16.1 Å². The highest BCUT2D eigenvalue weighted by Gasteiger charge is 2.24. The van der Waals surface area contributed by atoms with Gasteiger partial charge in [-0.3, -0.25) is 0 Å². The Bertz CT molecular complexity index is 112. The molecule has 0 radical (unpaired) electrons. The van der Waals surface area contributed by atoms with Crippen molar-refractivity contribution in [2.45, 2.75) is 45.6 Å². The van der Waals surface area contributed by atoms with E-state index in [2.05, 4.69) is 33.9 Å². The Morgan fingerprint density at radius 2 is 2.27 bits per heavy atom. The zero-order valence-electron chi connectivity index (χ0n) is 7.52. The molecule has 1 fully saturated rings. The Balaban J connectivity index is 2.40. The summed E-state index contributed by atoms with van der Waals surface area (Å²) in [5, 5.41) is 0. The maximum Gasteiger partial charge on any atom is 0.0231 e. The first-order chi connectivity index (χ1) is 5.25. The lowest BCUT2D eigenvalue weighted by Crippen LogP contribution is -2.36. The lowest BCUT2D eigenvalue weighted by Gasteiger charge is -2.34. The second kappa shape index (κ2) is 4.46. The number of nitrogens with zero attached hydrogens (tertiary/aromatic N) is 1. The van der Waals surface area contributed by atoms with Gasteiger partial charge in [-0.2, -0.15) is 0 Å². The van der Waals surface area contributed by atoms with Crippen LogP contribution in [0.2, 0.25) is 0 Å². The smallest absolute Gasteiger partial charge is 0.0231 e. The topological polar surface area (TPSA) is 3.24 Å². The highest BCUT2D eigenvalue weighted by molar-refractivity contribution is 9.07. The van der Waals surface area contributed by atoms with Gasteiger partial charge in [0.25, 0.3) is 0 Å². The summed E-state index contributed by atoms with van der Waals surface area (Å²) < 4.78 is 2.35. The fourth-order valence-corrected chi connectivity index (χ4v) is 2.61.